The Morgan fingerprint density at radius 1 is 1.35 bits per heavy atom. The van der Waals surface area contributed by atoms with E-state index in [4.69, 9.17) is 4.74 Å². The molecule has 0 spiro atoms. The van der Waals surface area contributed by atoms with Crippen molar-refractivity contribution in [2.24, 2.45) is 0 Å². The lowest BCUT2D eigenvalue weighted by Crippen LogP contribution is -2.38. The number of thiophene rings is 1. The van der Waals surface area contributed by atoms with E-state index in [9.17, 15) is 4.79 Å². The van der Waals surface area contributed by atoms with Gasteiger partial charge in [0.05, 0.1) is 6.10 Å². The van der Waals surface area contributed by atoms with Crippen molar-refractivity contribution in [1.82, 2.24) is 9.88 Å². The normalized spacial score (nSPS) is 17.7. The molecule has 0 saturated carbocycles. The fraction of sp³-hybridized carbons (Fsp3) is 0.571. The van der Waals surface area contributed by atoms with Gasteiger partial charge in [-0.15, -0.1) is 11.3 Å². The van der Waals surface area contributed by atoms with Crippen LogP contribution in [0.2, 0.25) is 0 Å². The molecule has 1 aliphatic rings. The van der Waals surface area contributed by atoms with E-state index in [-0.39, 0.29) is 5.56 Å². The first-order valence-electron chi connectivity index (χ1n) is 9.67. The van der Waals surface area contributed by atoms with Crippen LogP contribution in [0, 0.1) is 6.92 Å². The molecule has 0 radical (unpaired) electrons. The number of pyridine rings is 1. The second kappa shape index (κ2) is 10.0. The van der Waals surface area contributed by atoms with E-state index in [1.165, 1.54) is 22.6 Å². The molecule has 1 aliphatic heterocycles. The number of likely N-dealkylation sites (tertiary alicyclic amines) is 1. The Balaban J connectivity index is 0.00000117. The lowest BCUT2D eigenvalue weighted by atomic mass is 10.1. The summed E-state index contributed by atoms with van der Waals surface area (Å²) < 4.78 is 5.51. The number of nitrogens with zero attached hydrogens (tertiary/aromatic N) is 1. The predicted molar refractivity (Wildman–Crippen MR) is 111 cm³/mol. The van der Waals surface area contributed by atoms with E-state index in [2.05, 4.69) is 22.0 Å². The van der Waals surface area contributed by atoms with Gasteiger partial charge in [-0.3, -0.25) is 9.69 Å². The van der Waals surface area contributed by atoms with Gasteiger partial charge >= 0.3 is 0 Å². The average molecular weight is 377 g/mol. The quantitative estimate of drug-likeness (QED) is 0.829. The maximum atomic E-state index is 11.9. The van der Waals surface area contributed by atoms with Crippen LogP contribution in [0.25, 0.3) is 10.4 Å². The lowest BCUT2D eigenvalue weighted by Gasteiger charge is -2.31. The molecule has 1 atom stereocenters. The Kier molecular flexibility index (Phi) is 8.07. The van der Waals surface area contributed by atoms with Gasteiger partial charge in [0.2, 0.25) is 0 Å². The highest BCUT2D eigenvalue weighted by Gasteiger charge is 2.20. The van der Waals surface area contributed by atoms with Crippen molar-refractivity contribution in [1.29, 1.82) is 0 Å². The van der Waals surface area contributed by atoms with Crippen LogP contribution < -0.4 is 5.56 Å². The summed E-state index contributed by atoms with van der Waals surface area (Å²) in [5.74, 6) is 0. The van der Waals surface area contributed by atoms with Crippen molar-refractivity contribution >= 4 is 11.3 Å². The number of aromatic amines is 1. The largest absolute Gasteiger partial charge is 0.380 e. The van der Waals surface area contributed by atoms with E-state index in [1.807, 2.05) is 52.2 Å². The maximum Gasteiger partial charge on any atom is 0.251 e. The topological polar surface area (TPSA) is 45.3 Å². The second-order valence-corrected chi connectivity index (χ2v) is 7.69. The van der Waals surface area contributed by atoms with Gasteiger partial charge in [0.15, 0.2) is 0 Å². The van der Waals surface area contributed by atoms with Gasteiger partial charge in [-0.25, -0.2) is 0 Å². The third-order valence-corrected chi connectivity index (χ3v) is 5.90. The van der Waals surface area contributed by atoms with Crippen molar-refractivity contribution in [2.75, 3.05) is 20.2 Å². The van der Waals surface area contributed by atoms with Crippen molar-refractivity contribution in [3.63, 3.8) is 0 Å². The van der Waals surface area contributed by atoms with E-state index in [0.29, 0.717) is 6.10 Å². The number of H-pyrrole nitrogens is 1. The number of aromatic nitrogens is 1. The van der Waals surface area contributed by atoms with Crippen molar-refractivity contribution in [2.45, 2.75) is 59.6 Å². The standard InChI is InChI=1S/C19H26N2O2S.C2H6/c1-4-14-10-17(13(2)20-19(14)22)18-8-7-16(24-18)12-21-9-5-6-15(11-21)23-3;1-2/h7-8,10,15H,4-6,9,11-12H2,1-3H3,(H,20,22);1-2H3. The molecule has 1 saturated heterocycles. The Bertz CT molecular complexity index is 751. The number of aryl methyl sites for hydroxylation is 2. The number of hydrogen-bond acceptors (Lipinski definition) is 4. The molecule has 26 heavy (non-hydrogen) atoms. The zero-order valence-electron chi connectivity index (χ0n) is 16.7. The second-order valence-electron chi connectivity index (χ2n) is 6.52. The van der Waals surface area contributed by atoms with Crippen LogP contribution in [-0.4, -0.2) is 36.2 Å². The highest BCUT2D eigenvalue weighted by Crippen LogP contribution is 2.31. The molecule has 3 heterocycles. The Hall–Kier alpha value is -1.43. The van der Waals surface area contributed by atoms with Crippen molar-refractivity contribution in [3.8, 4) is 10.4 Å². The molecule has 0 bridgehead atoms. The fourth-order valence-corrected chi connectivity index (χ4v) is 4.49. The molecule has 2 aromatic heterocycles. The zero-order valence-corrected chi connectivity index (χ0v) is 17.5. The van der Waals surface area contributed by atoms with Gasteiger partial charge in [-0.05, 0) is 50.9 Å². The van der Waals surface area contributed by atoms with Gasteiger partial charge < -0.3 is 9.72 Å². The fourth-order valence-electron chi connectivity index (χ4n) is 3.36. The zero-order chi connectivity index (χ0) is 19.1. The summed E-state index contributed by atoms with van der Waals surface area (Å²) in [5, 5.41) is 0. The molecule has 2 aromatic rings. The number of methoxy groups -OCH3 is 1. The van der Waals surface area contributed by atoms with Crippen LogP contribution in [0.4, 0.5) is 0 Å². The Morgan fingerprint density at radius 2 is 2.12 bits per heavy atom. The first-order chi connectivity index (χ1) is 12.6. The first kappa shape index (κ1) is 20.9. The minimum Gasteiger partial charge on any atom is -0.380 e. The van der Waals surface area contributed by atoms with Crippen molar-refractivity contribution in [3.05, 3.63) is 44.7 Å². The molecule has 4 nitrogen and oxygen atoms in total. The van der Waals surface area contributed by atoms with Crippen LogP contribution in [0.3, 0.4) is 0 Å². The molecular weight excluding hydrogens is 344 g/mol. The molecule has 0 aliphatic carbocycles. The SMILES string of the molecule is CC.CCc1cc(-c2ccc(CN3CCCC(OC)C3)s2)c(C)[nH]c1=O. The van der Waals surface area contributed by atoms with Gasteiger partial charge in [0.1, 0.15) is 0 Å². The van der Waals surface area contributed by atoms with Crippen LogP contribution >= 0.6 is 11.3 Å². The molecule has 5 heteroatoms. The predicted octanol–water partition coefficient (Wildman–Crippen LogP) is 4.61. The van der Waals surface area contributed by atoms with E-state index in [1.54, 1.807) is 0 Å². The van der Waals surface area contributed by atoms with E-state index < -0.39 is 0 Å². The number of hydrogen-bond donors (Lipinski definition) is 1. The summed E-state index contributed by atoms with van der Waals surface area (Å²) in [6, 6.07) is 6.44. The molecule has 144 valence electrons. The third kappa shape index (κ3) is 5.06. The number of nitrogens with one attached hydrogen (secondary N) is 1. The summed E-state index contributed by atoms with van der Waals surface area (Å²) in [6.07, 6.45) is 3.49. The Morgan fingerprint density at radius 3 is 2.81 bits per heavy atom. The average Bonchev–Trinajstić information content (AvgIpc) is 3.12. The molecule has 3 rings (SSSR count). The van der Waals surface area contributed by atoms with Gasteiger partial charge in [0, 0.05) is 46.8 Å². The lowest BCUT2D eigenvalue weighted by molar-refractivity contribution is 0.0289. The third-order valence-electron chi connectivity index (χ3n) is 4.80. The summed E-state index contributed by atoms with van der Waals surface area (Å²) in [4.78, 5) is 20.0. The summed E-state index contributed by atoms with van der Waals surface area (Å²) in [5.41, 5.74) is 2.98. The highest BCUT2D eigenvalue weighted by atomic mass is 32.1. The smallest absolute Gasteiger partial charge is 0.251 e. The highest BCUT2D eigenvalue weighted by molar-refractivity contribution is 7.15. The van der Waals surface area contributed by atoms with Gasteiger partial charge in [0.25, 0.3) is 5.56 Å². The van der Waals surface area contributed by atoms with E-state index >= 15 is 0 Å². The monoisotopic (exact) mass is 376 g/mol. The summed E-state index contributed by atoms with van der Waals surface area (Å²) in [7, 11) is 1.81. The minimum absolute atomic E-state index is 0.0365. The number of rotatable bonds is 5. The number of piperidine rings is 1. The van der Waals surface area contributed by atoms with Crippen LogP contribution in [0.1, 0.15) is 49.7 Å². The first-order valence-corrected chi connectivity index (χ1v) is 10.5. The van der Waals surface area contributed by atoms with Crippen molar-refractivity contribution < 1.29 is 4.74 Å². The molecule has 1 unspecified atom stereocenters. The van der Waals surface area contributed by atoms with E-state index in [0.717, 1.165) is 42.9 Å². The molecule has 1 fully saturated rings. The summed E-state index contributed by atoms with van der Waals surface area (Å²) in [6.45, 7) is 11.1. The summed E-state index contributed by atoms with van der Waals surface area (Å²) >= 11 is 1.82. The van der Waals surface area contributed by atoms with Gasteiger partial charge in [-0.1, -0.05) is 20.8 Å². The van der Waals surface area contributed by atoms with Crippen LogP contribution in [0.15, 0.2) is 23.0 Å². The van der Waals surface area contributed by atoms with Crippen LogP contribution in [0.5, 0.6) is 0 Å². The number of ether oxygens (including phenoxy) is 1. The Labute approximate surface area is 161 Å². The molecule has 0 aromatic carbocycles. The van der Waals surface area contributed by atoms with Crippen LogP contribution in [-0.2, 0) is 17.7 Å². The minimum atomic E-state index is 0.0365. The van der Waals surface area contributed by atoms with Gasteiger partial charge in [-0.2, -0.15) is 0 Å². The molecular formula is C21H32N2O2S. The maximum absolute atomic E-state index is 11.9. The molecule has 1 N–H and O–H groups in total. The molecule has 0 amide bonds.